The van der Waals surface area contributed by atoms with Crippen molar-refractivity contribution in [1.82, 2.24) is 10.2 Å². The summed E-state index contributed by atoms with van der Waals surface area (Å²) in [5.74, 6) is -4.31. The van der Waals surface area contributed by atoms with Crippen LogP contribution in [-0.2, 0) is 44.8 Å². The number of carbonyl (C=O) groups excluding carboxylic acids is 5. The molecule has 0 aromatic heterocycles. The number of rotatable bonds is 14. The van der Waals surface area contributed by atoms with Crippen molar-refractivity contribution >= 4 is 41.3 Å². The van der Waals surface area contributed by atoms with Crippen molar-refractivity contribution in [1.29, 1.82) is 0 Å². The number of aliphatic hydroxyl groups is 3. The number of anilines is 1. The fourth-order valence-corrected chi connectivity index (χ4v) is 4.70. The molecule has 2 saturated heterocycles. The maximum atomic E-state index is 12.8. The topological polar surface area (TPSA) is 238 Å². The van der Waals surface area contributed by atoms with Gasteiger partial charge >= 0.3 is 11.9 Å². The molecule has 0 spiro atoms. The average Bonchev–Trinajstić information content (AvgIpc) is 3.28. The average molecular weight is 638 g/mol. The highest BCUT2D eigenvalue weighted by atomic mass is 16.7. The van der Waals surface area contributed by atoms with Gasteiger partial charge in [0.15, 0.2) is 6.10 Å². The van der Waals surface area contributed by atoms with E-state index >= 15 is 0 Å². The van der Waals surface area contributed by atoms with Crippen LogP contribution in [0.3, 0.4) is 0 Å². The lowest BCUT2D eigenvalue weighted by Crippen LogP contribution is -2.61. The summed E-state index contributed by atoms with van der Waals surface area (Å²) in [6.45, 7) is 4.99. The first-order chi connectivity index (χ1) is 21.2. The number of carboxylic acids is 1. The molecule has 2 aliphatic heterocycles. The Labute approximate surface area is 258 Å². The highest BCUT2D eigenvalue weighted by molar-refractivity contribution is 6.04. The lowest BCUT2D eigenvalue weighted by molar-refractivity contribution is -0.271. The molecule has 248 valence electrons. The predicted molar refractivity (Wildman–Crippen MR) is 152 cm³/mol. The minimum absolute atomic E-state index is 0.00170. The minimum Gasteiger partial charge on any atom is -0.479 e. The van der Waals surface area contributed by atoms with Crippen LogP contribution in [0.15, 0.2) is 18.2 Å². The Morgan fingerprint density at radius 3 is 2.38 bits per heavy atom. The molecule has 0 radical (unpaired) electrons. The summed E-state index contributed by atoms with van der Waals surface area (Å²) in [6, 6.07) is 4.21. The van der Waals surface area contributed by atoms with Gasteiger partial charge in [-0.3, -0.25) is 28.9 Å². The SMILES string of the molecule is CCC(=O)OCc1ccc(OC2OC(C(=O)O)C(O)C(O)C2O)c(NC(=O)CCNC(=O)CCN2C(=O)CC(C(C)C)C2=O)c1. The molecular formula is C29H39N3O13. The Morgan fingerprint density at radius 2 is 1.76 bits per heavy atom. The van der Waals surface area contributed by atoms with Crippen LogP contribution in [0, 0.1) is 11.8 Å². The summed E-state index contributed by atoms with van der Waals surface area (Å²) in [5.41, 5.74) is 0.438. The third-order valence-corrected chi connectivity index (χ3v) is 7.38. The van der Waals surface area contributed by atoms with Gasteiger partial charge < -0.3 is 45.3 Å². The van der Waals surface area contributed by atoms with E-state index in [9.17, 15) is 49.2 Å². The number of benzene rings is 1. The molecule has 0 aliphatic carbocycles. The van der Waals surface area contributed by atoms with Crippen LogP contribution in [0.5, 0.6) is 5.75 Å². The molecule has 3 rings (SSSR count). The molecule has 2 aliphatic rings. The third kappa shape index (κ3) is 9.20. The highest BCUT2D eigenvalue weighted by Gasteiger charge is 2.48. The summed E-state index contributed by atoms with van der Waals surface area (Å²) < 4.78 is 15.9. The Hall–Kier alpha value is -4.12. The number of nitrogens with one attached hydrogen (secondary N) is 2. The molecule has 0 saturated carbocycles. The number of likely N-dealkylation sites (tertiary alicyclic amines) is 1. The van der Waals surface area contributed by atoms with Crippen molar-refractivity contribution in [2.75, 3.05) is 18.4 Å². The van der Waals surface area contributed by atoms with Gasteiger partial charge in [-0.25, -0.2) is 4.79 Å². The lowest BCUT2D eigenvalue weighted by atomic mass is 9.94. The molecule has 0 bridgehead atoms. The zero-order valence-electron chi connectivity index (χ0n) is 25.1. The van der Waals surface area contributed by atoms with E-state index < -0.39 is 60.4 Å². The summed E-state index contributed by atoms with van der Waals surface area (Å²) in [5, 5.41) is 44.8. The molecule has 45 heavy (non-hydrogen) atoms. The summed E-state index contributed by atoms with van der Waals surface area (Å²) >= 11 is 0. The van der Waals surface area contributed by atoms with E-state index in [0.29, 0.717) is 5.56 Å². The first kappa shape index (κ1) is 35.4. The molecule has 2 fully saturated rings. The van der Waals surface area contributed by atoms with Gasteiger partial charge in [-0.1, -0.05) is 26.8 Å². The molecule has 1 aromatic rings. The zero-order chi connectivity index (χ0) is 33.4. The number of carbonyl (C=O) groups is 6. The third-order valence-electron chi connectivity index (χ3n) is 7.38. The maximum absolute atomic E-state index is 12.8. The Kier molecular flexibility index (Phi) is 12.4. The molecule has 6 unspecified atom stereocenters. The first-order valence-electron chi connectivity index (χ1n) is 14.5. The van der Waals surface area contributed by atoms with Crippen LogP contribution in [0.2, 0.25) is 0 Å². The van der Waals surface area contributed by atoms with E-state index in [4.69, 9.17) is 14.2 Å². The van der Waals surface area contributed by atoms with Crippen LogP contribution in [0.1, 0.15) is 52.0 Å². The monoisotopic (exact) mass is 637 g/mol. The van der Waals surface area contributed by atoms with Crippen LogP contribution < -0.4 is 15.4 Å². The number of aliphatic carboxylic acids is 1. The second-order valence-corrected chi connectivity index (χ2v) is 11.0. The molecule has 1 aromatic carbocycles. The molecule has 6 N–H and O–H groups in total. The van der Waals surface area contributed by atoms with Crippen molar-refractivity contribution in [3.8, 4) is 5.75 Å². The van der Waals surface area contributed by atoms with E-state index in [0.717, 1.165) is 4.90 Å². The number of hydrogen-bond acceptors (Lipinski definition) is 12. The van der Waals surface area contributed by atoms with Crippen molar-refractivity contribution in [3.63, 3.8) is 0 Å². The van der Waals surface area contributed by atoms with Gasteiger partial charge in [-0.05, 0) is 23.6 Å². The number of amides is 4. The second-order valence-electron chi connectivity index (χ2n) is 11.0. The van der Waals surface area contributed by atoms with Gasteiger partial charge in [-0.2, -0.15) is 0 Å². The highest BCUT2D eigenvalue weighted by Crippen LogP contribution is 2.31. The van der Waals surface area contributed by atoms with E-state index in [1.54, 1.807) is 6.92 Å². The van der Waals surface area contributed by atoms with E-state index in [2.05, 4.69) is 10.6 Å². The van der Waals surface area contributed by atoms with Gasteiger partial charge in [0.1, 0.15) is 30.7 Å². The molecule has 6 atom stereocenters. The molecular weight excluding hydrogens is 598 g/mol. The van der Waals surface area contributed by atoms with Crippen molar-refractivity contribution in [3.05, 3.63) is 23.8 Å². The zero-order valence-corrected chi connectivity index (χ0v) is 25.1. The van der Waals surface area contributed by atoms with Crippen LogP contribution in [0.4, 0.5) is 5.69 Å². The van der Waals surface area contributed by atoms with Gasteiger partial charge in [-0.15, -0.1) is 0 Å². The molecule has 4 amide bonds. The van der Waals surface area contributed by atoms with E-state index in [-0.39, 0.29) is 74.5 Å². The van der Waals surface area contributed by atoms with Crippen molar-refractivity contribution < 1.29 is 63.4 Å². The largest absolute Gasteiger partial charge is 0.479 e. The van der Waals surface area contributed by atoms with Crippen molar-refractivity contribution in [2.45, 2.75) is 83.8 Å². The Morgan fingerprint density at radius 1 is 1.04 bits per heavy atom. The molecule has 2 heterocycles. The summed E-state index contributed by atoms with van der Waals surface area (Å²) in [4.78, 5) is 73.8. The summed E-state index contributed by atoms with van der Waals surface area (Å²) in [7, 11) is 0. The fraction of sp³-hybridized carbons (Fsp3) is 0.586. The van der Waals surface area contributed by atoms with Gasteiger partial charge in [0.2, 0.25) is 29.9 Å². The number of carboxylic acid groups (broad SMARTS) is 1. The predicted octanol–water partition coefficient (Wildman–Crippen LogP) is -0.723. The molecule has 16 heteroatoms. The number of ether oxygens (including phenoxy) is 3. The van der Waals surface area contributed by atoms with E-state index in [1.807, 2.05) is 13.8 Å². The number of nitrogens with zero attached hydrogens (tertiary/aromatic N) is 1. The fourth-order valence-electron chi connectivity index (χ4n) is 4.70. The quantitative estimate of drug-likeness (QED) is 0.109. The maximum Gasteiger partial charge on any atom is 0.335 e. The van der Waals surface area contributed by atoms with E-state index in [1.165, 1.54) is 18.2 Å². The molecule has 16 nitrogen and oxygen atoms in total. The van der Waals surface area contributed by atoms with Gasteiger partial charge in [0, 0.05) is 44.7 Å². The first-order valence-corrected chi connectivity index (χ1v) is 14.5. The number of esters is 1. The van der Waals surface area contributed by atoms with Crippen LogP contribution in [0.25, 0.3) is 0 Å². The lowest BCUT2D eigenvalue weighted by Gasteiger charge is -2.38. The van der Waals surface area contributed by atoms with Gasteiger partial charge in [0.05, 0.1) is 5.69 Å². The van der Waals surface area contributed by atoms with Gasteiger partial charge in [0.25, 0.3) is 0 Å². The standard InChI is InChI=1S/C29H39N3O13/c1-4-22(36)43-13-15-5-6-18(44-29-25(39)23(37)24(38)26(45-29)28(41)42)17(11-15)31-20(34)7-9-30-19(33)8-10-32-21(35)12-16(14(2)3)27(32)40/h5-6,11,14,16,23-26,29,37-39H,4,7-10,12-13H2,1-3H3,(H,30,33)(H,31,34)(H,41,42). The van der Waals surface area contributed by atoms with Crippen molar-refractivity contribution in [2.24, 2.45) is 11.8 Å². The number of imide groups is 1. The minimum atomic E-state index is -1.93. The normalized spacial score (nSPS) is 24.8. The number of aliphatic hydroxyl groups excluding tert-OH is 3. The second kappa shape index (κ2) is 15.7. The summed E-state index contributed by atoms with van der Waals surface area (Å²) in [6.07, 6.45) is -9.49. The van der Waals surface area contributed by atoms with Crippen LogP contribution >= 0.6 is 0 Å². The Bertz CT molecular complexity index is 1290. The Balaban J connectivity index is 1.62. The van der Waals surface area contributed by atoms with Crippen LogP contribution in [-0.4, -0.2) is 105 Å². The number of hydrogen-bond donors (Lipinski definition) is 6. The smallest absolute Gasteiger partial charge is 0.335 e.